The van der Waals surface area contributed by atoms with Gasteiger partial charge in [0.05, 0.1) is 20.8 Å². The van der Waals surface area contributed by atoms with Crippen LogP contribution in [0.4, 0.5) is 5.69 Å². The number of nitrogens with one attached hydrogen (secondary N) is 2. The first-order chi connectivity index (χ1) is 10.3. The molecule has 2 rings (SSSR count). The first-order valence-corrected chi connectivity index (χ1v) is 7.37. The Labute approximate surface area is 151 Å². The number of halogens is 1. The fraction of sp³-hybridized carbons (Fsp3) is 0.267. The minimum absolute atomic E-state index is 0. The average Bonchev–Trinajstić information content (AvgIpc) is 3.04. The second-order valence-corrected chi connectivity index (χ2v) is 5.23. The molecule has 1 heterocycles. The second-order valence-electron chi connectivity index (χ2n) is 4.20. The quantitative estimate of drug-likeness (QED) is 0.430. The van der Waals surface area contributed by atoms with Crippen molar-refractivity contribution in [1.82, 2.24) is 5.32 Å². The Kier molecular flexibility index (Phi) is 8.03. The molecule has 22 heavy (non-hydrogen) atoms. The summed E-state index contributed by atoms with van der Waals surface area (Å²) in [6.45, 7) is 0.741. The molecule has 2 N–H and O–H groups in total. The van der Waals surface area contributed by atoms with Crippen molar-refractivity contribution in [3.8, 4) is 11.5 Å². The van der Waals surface area contributed by atoms with Gasteiger partial charge in [0.2, 0.25) is 0 Å². The van der Waals surface area contributed by atoms with Crippen molar-refractivity contribution in [2.24, 2.45) is 4.99 Å². The number of benzene rings is 1. The lowest BCUT2D eigenvalue weighted by Gasteiger charge is -2.13. The number of methoxy groups -OCH3 is 2. The van der Waals surface area contributed by atoms with Crippen LogP contribution in [-0.4, -0.2) is 27.2 Å². The molecule has 7 heteroatoms. The topological polar surface area (TPSA) is 54.9 Å². The summed E-state index contributed by atoms with van der Waals surface area (Å²) in [7, 11) is 4.97. The smallest absolute Gasteiger partial charge is 0.195 e. The van der Waals surface area contributed by atoms with E-state index in [1.54, 1.807) is 32.6 Å². The Balaban J connectivity index is 0.00000242. The number of ether oxygens (including phenoxy) is 2. The first kappa shape index (κ1) is 18.6. The maximum atomic E-state index is 5.29. The summed E-state index contributed by atoms with van der Waals surface area (Å²) in [5.74, 6) is 2.08. The molecule has 0 bridgehead atoms. The van der Waals surface area contributed by atoms with E-state index in [1.165, 1.54) is 4.88 Å². The predicted octanol–water partition coefficient (Wildman–Crippen LogP) is 3.57. The number of hydrogen-bond acceptors (Lipinski definition) is 4. The molecule has 0 aliphatic carbocycles. The van der Waals surface area contributed by atoms with Gasteiger partial charge in [0.15, 0.2) is 17.5 Å². The van der Waals surface area contributed by atoms with E-state index in [-0.39, 0.29) is 24.0 Å². The predicted molar refractivity (Wildman–Crippen MR) is 103 cm³/mol. The van der Waals surface area contributed by atoms with Crippen LogP contribution in [0.25, 0.3) is 0 Å². The molecule has 0 saturated heterocycles. The Bertz CT molecular complexity index is 603. The van der Waals surface area contributed by atoms with Crippen molar-refractivity contribution in [3.05, 3.63) is 40.6 Å². The highest BCUT2D eigenvalue weighted by Gasteiger charge is 2.06. The van der Waals surface area contributed by atoms with Crippen LogP contribution in [0.1, 0.15) is 4.88 Å². The Morgan fingerprint density at radius 3 is 2.55 bits per heavy atom. The van der Waals surface area contributed by atoms with Gasteiger partial charge in [0.25, 0.3) is 0 Å². The van der Waals surface area contributed by atoms with E-state index in [4.69, 9.17) is 9.47 Å². The van der Waals surface area contributed by atoms with Gasteiger partial charge in [-0.2, -0.15) is 0 Å². The summed E-state index contributed by atoms with van der Waals surface area (Å²) in [5, 5.41) is 8.55. The van der Waals surface area contributed by atoms with Crippen molar-refractivity contribution >= 4 is 47.0 Å². The van der Waals surface area contributed by atoms with Gasteiger partial charge in [-0.1, -0.05) is 6.07 Å². The molecule has 1 aromatic heterocycles. The molecule has 0 atom stereocenters. The van der Waals surface area contributed by atoms with Crippen molar-refractivity contribution < 1.29 is 9.47 Å². The molecule has 5 nitrogen and oxygen atoms in total. The molecule has 0 saturated carbocycles. The number of hydrogen-bond donors (Lipinski definition) is 2. The highest BCUT2D eigenvalue weighted by Crippen LogP contribution is 2.29. The van der Waals surface area contributed by atoms with E-state index in [2.05, 4.69) is 27.1 Å². The highest BCUT2D eigenvalue weighted by molar-refractivity contribution is 14.0. The molecule has 0 aliphatic heterocycles. The summed E-state index contributed by atoms with van der Waals surface area (Å²) >= 11 is 1.71. The van der Waals surface area contributed by atoms with Crippen LogP contribution in [0.3, 0.4) is 0 Å². The fourth-order valence-electron chi connectivity index (χ4n) is 1.81. The van der Waals surface area contributed by atoms with Crippen LogP contribution < -0.4 is 20.1 Å². The van der Waals surface area contributed by atoms with Crippen LogP contribution in [-0.2, 0) is 6.54 Å². The average molecular weight is 433 g/mol. The fourth-order valence-corrected chi connectivity index (χ4v) is 2.46. The molecule has 0 fully saturated rings. The minimum Gasteiger partial charge on any atom is -0.493 e. The lowest BCUT2D eigenvalue weighted by molar-refractivity contribution is 0.355. The number of anilines is 1. The largest absolute Gasteiger partial charge is 0.493 e. The van der Waals surface area contributed by atoms with Gasteiger partial charge in [-0.15, -0.1) is 35.3 Å². The third kappa shape index (κ3) is 5.06. The van der Waals surface area contributed by atoms with Gasteiger partial charge in [-0.3, -0.25) is 4.99 Å². The molecule has 0 amide bonds. The molecule has 0 unspecified atom stereocenters. The van der Waals surface area contributed by atoms with Gasteiger partial charge in [-0.05, 0) is 23.6 Å². The van der Waals surface area contributed by atoms with Crippen LogP contribution in [0, 0.1) is 0 Å². The van der Waals surface area contributed by atoms with Gasteiger partial charge in [0, 0.05) is 23.7 Å². The number of nitrogens with zero attached hydrogens (tertiary/aromatic N) is 1. The van der Waals surface area contributed by atoms with E-state index in [0.717, 1.165) is 12.2 Å². The molecule has 120 valence electrons. The van der Waals surface area contributed by atoms with E-state index in [1.807, 2.05) is 24.3 Å². The zero-order valence-corrected chi connectivity index (χ0v) is 15.9. The van der Waals surface area contributed by atoms with Crippen molar-refractivity contribution in [3.63, 3.8) is 0 Å². The van der Waals surface area contributed by atoms with Crippen LogP contribution in [0.15, 0.2) is 40.7 Å². The standard InChI is InChI=1S/C15H19N3O2S.HI/c1-16-15(17-10-12-5-4-8-21-12)18-11-6-7-13(19-2)14(9-11)20-3;/h4-9H,10H2,1-3H3,(H2,16,17,18);1H. The normalized spacial score (nSPS) is 10.6. The Morgan fingerprint density at radius 1 is 1.18 bits per heavy atom. The molecule has 0 aliphatic rings. The monoisotopic (exact) mass is 433 g/mol. The van der Waals surface area contributed by atoms with Gasteiger partial charge in [-0.25, -0.2) is 0 Å². The third-order valence-corrected chi connectivity index (χ3v) is 3.76. The maximum absolute atomic E-state index is 5.29. The van der Waals surface area contributed by atoms with E-state index < -0.39 is 0 Å². The SMILES string of the molecule is CN=C(NCc1cccs1)Nc1ccc(OC)c(OC)c1.I. The van der Waals surface area contributed by atoms with Crippen molar-refractivity contribution in [2.45, 2.75) is 6.54 Å². The van der Waals surface area contributed by atoms with Crippen LogP contribution >= 0.6 is 35.3 Å². The lowest BCUT2D eigenvalue weighted by Crippen LogP contribution is -2.29. The van der Waals surface area contributed by atoms with Crippen LogP contribution in [0.5, 0.6) is 11.5 Å². The summed E-state index contributed by atoms with van der Waals surface area (Å²) < 4.78 is 10.5. The van der Waals surface area contributed by atoms with Crippen LogP contribution in [0.2, 0.25) is 0 Å². The number of guanidine groups is 1. The number of thiophene rings is 1. The molecule has 0 radical (unpaired) electrons. The molecule has 2 aromatic rings. The molecular formula is C15H20IN3O2S. The van der Waals surface area contributed by atoms with Crippen molar-refractivity contribution in [1.29, 1.82) is 0 Å². The Hall–Kier alpha value is -1.48. The summed E-state index contributed by atoms with van der Waals surface area (Å²) in [6.07, 6.45) is 0. The van der Waals surface area contributed by atoms with Gasteiger partial charge < -0.3 is 20.1 Å². The Morgan fingerprint density at radius 2 is 1.95 bits per heavy atom. The summed E-state index contributed by atoms with van der Waals surface area (Å²) in [4.78, 5) is 5.46. The summed E-state index contributed by atoms with van der Waals surface area (Å²) in [5.41, 5.74) is 0.881. The van der Waals surface area contributed by atoms with E-state index in [0.29, 0.717) is 17.5 Å². The maximum Gasteiger partial charge on any atom is 0.195 e. The molecule has 0 spiro atoms. The third-order valence-electron chi connectivity index (χ3n) is 2.88. The summed E-state index contributed by atoms with van der Waals surface area (Å²) in [6, 6.07) is 9.76. The number of rotatable bonds is 5. The van der Waals surface area contributed by atoms with Crippen molar-refractivity contribution in [2.75, 3.05) is 26.6 Å². The molecular weight excluding hydrogens is 413 g/mol. The zero-order chi connectivity index (χ0) is 15.1. The second kappa shape index (κ2) is 9.52. The van der Waals surface area contributed by atoms with E-state index >= 15 is 0 Å². The first-order valence-electron chi connectivity index (χ1n) is 6.49. The highest BCUT2D eigenvalue weighted by atomic mass is 127. The van der Waals surface area contributed by atoms with E-state index in [9.17, 15) is 0 Å². The molecule has 1 aromatic carbocycles. The van der Waals surface area contributed by atoms with Gasteiger partial charge in [0.1, 0.15) is 0 Å². The number of aliphatic imine (C=N–C) groups is 1. The van der Waals surface area contributed by atoms with Gasteiger partial charge >= 0.3 is 0 Å². The lowest BCUT2D eigenvalue weighted by atomic mass is 10.3. The minimum atomic E-state index is 0. The zero-order valence-electron chi connectivity index (χ0n) is 12.8.